The average Bonchev–Trinajstić information content (AvgIpc) is 2.41. The summed E-state index contributed by atoms with van der Waals surface area (Å²) in [7, 11) is -4.18. The highest BCUT2D eigenvalue weighted by atomic mass is 35.5. The van der Waals surface area contributed by atoms with Crippen molar-refractivity contribution in [3.05, 3.63) is 57.5 Å². The maximum Gasteiger partial charge on any atom is 0.306 e. The molecule has 1 aromatic carbocycles. The standard InChI is InChI=1S/C11H7ClFN3O4S/c12-8-2-1-5-14-11(8)15-21(19,20)7-3-4-9(13)10(6-7)16(17)18/h1-6H,(H,14,15). The number of benzene rings is 1. The van der Waals surface area contributed by atoms with E-state index in [9.17, 15) is 22.9 Å². The number of aromatic nitrogens is 1. The number of hydrogen-bond acceptors (Lipinski definition) is 5. The molecule has 21 heavy (non-hydrogen) atoms. The van der Waals surface area contributed by atoms with Crippen molar-refractivity contribution in [2.75, 3.05) is 4.72 Å². The lowest BCUT2D eigenvalue weighted by atomic mass is 10.3. The highest BCUT2D eigenvalue weighted by molar-refractivity contribution is 7.92. The summed E-state index contributed by atoms with van der Waals surface area (Å²) >= 11 is 5.77. The number of halogens is 2. The lowest BCUT2D eigenvalue weighted by Gasteiger charge is -2.08. The van der Waals surface area contributed by atoms with Gasteiger partial charge in [0.25, 0.3) is 10.0 Å². The number of nitro groups is 1. The molecule has 0 bridgehead atoms. The van der Waals surface area contributed by atoms with Gasteiger partial charge in [-0.2, -0.15) is 4.39 Å². The molecule has 7 nitrogen and oxygen atoms in total. The highest BCUT2D eigenvalue weighted by Gasteiger charge is 2.22. The van der Waals surface area contributed by atoms with Crippen LogP contribution in [0.2, 0.25) is 5.02 Å². The minimum atomic E-state index is -4.18. The molecule has 0 radical (unpaired) electrons. The molecule has 0 fully saturated rings. The summed E-state index contributed by atoms with van der Waals surface area (Å²) in [5.74, 6) is -1.26. The van der Waals surface area contributed by atoms with Gasteiger partial charge in [0.15, 0.2) is 5.82 Å². The van der Waals surface area contributed by atoms with Crippen LogP contribution in [0.15, 0.2) is 41.4 Å². The summed E-state index contributed by atoms with van der Waals surface area (Å²) in [4.78, 5) is 12.9. The van der Waals surface area contributed by atoms with Crippen LogP contribution in [0, 0.1) is 15.9 Å². The summed E-state index contributed by atoms with van der Waals surface area (Å²) in [6.45, 7) is 0. The van der Waals surface area contributed by atoms with Gasteiger partial charge in [0.1, 0.15) is 0 Å². The number of rotatable bonds is 4. The quantitative estimate of drug-likeness (QED) is 0.685. The van der Waals surface area contributed by atoms with Gasteiger partial charge in [-0.3, -0.25) is 14.8 Å². The summed E-state index contributed by atoms with van der Waals surface area (Å²) in [6.07, 6.45) is 1.32. The van der Waals surface area contributed by atoms with Gasteiger partial charge in [-0.15, -0.1) is 0 Å². The first-order chi connectivity index (χ1) is 9.81. The van der Waals surface area contributed by atoms with E-state index in [-0.39, 0.29) is 10.8 Å². The topological polar surface area (TPSA) is 102 Å². The van der Waals surface area contributed by atoms with Crippen molar-refractivity contribution in [2.45, 2.75) is 4.90 Å². The fourth-order valence-corrected chi connectivity index (χ4v) is 2.72. The molecule has 1 heterocycles. The van der Waals surface area contributed by atoms with Crippen LogP contribution in [-0.4, -0.2) is 18.3 Å². The van der Waals surface area contributed by atoms with Crippen molar-refractivity contribution in [3.8, 4) is 0 Å². The van der Waals surface area contributed by atoms with E-state index in [1.807, 2.05) is 0 Å². The van der Waals surface area contributed by atoms with E-state index in [2.05, 4.69) is 9.71 Å². The molecule has 1 N–H and O–H groups in total. The van der Waals surface area contributed by atoms with Crippen LogP contribution in [0.3, 0.4) is 0 Å². The molecule has 0 aliphatic rings. The first-order valence-electron chi connectivity index (χ1n) is 5.38. The van der Waals surface area contributed by atoms with E-state index in [0.717, 1.165) is 6.07 Å². The van der Waals surface area contributed by atoms with Gasteiger partial charge in [-0.05, 0) is 24.3 Å². The number of sulfonamides is 1. The molecule has 1 aromatic heterocycles. The van der Waals surface area contributed by atoms with Crippen LogP contribution >= 0.6 is 11.6 Å². The van der Waals surface area contributed by atoms with Gasteiger partial charge in [0.2, 0.25) is 5.82 Å². The minimum Gasteiger partial charge on any atom is -0.262 e. The minimum absolute atomic E-state index is 0.0534. The molecule has 0 aliphatic carbocycles. The van der Waals surface area contributed by atoms with Crippen LogP contribution < -0.4 is 4.72 Å². The second-order valence-corrected chi connectivity index (χ2v) is 5.90. The molecule has 0 amide bonds. The molecule has 2 rings (SSSR count). The average molecular weight is 332 g/mol. The first-order valence-corrected chi connectivity index (χ1v) is 7.24. The van der Waals surface area contributed by atoms with Crippen molar-refractivity contribution in [1.29, 1.82) is 0 Å². The molecule has 0 unspecified atom stereocenters. The zero-order valence-electron chi connectivity index (χ0n) is 10.2. The van der Waals surface area contributed by atoms with Crippen molar-refractivity contribution >= 4 is 33.1 Å². The Labute approximate surface area is 123 Å². The van der Waals surface area contributed by atoms with E-state index in [1.54, 1.807) is 0 Å². The lowest BCUT2D eigenvalue weighted by molar-refractivity contribution is -0.387. The van der Waals surface area contributed by atoms with E-state index < -0.39 is 31.3 Å². The number of pyridine rings is 1. The molecule has 0 saturated carbocycles. The molecule has 0 atom stereocenters. The normalized spacial score (nSPS) is 11.1. The summed E-state index contributed by atoms with van der Waals surface area (Å²) < 4.78 is 39.5. The molecular formula is C11H7ClFN3O4S. The Hall–Kier alpha value is -2.26. The zero-order valence-corrected chi connectivity index (χ0v) is 11.7. The van der Waals surface area contributed by atoms with Crippen LogP contribution in [0.5, 0.6) is 0 Å². The van der Waals surface area contributed by atoms with E-state index in [1.165, 1.54) is 18.3 Å². The maximum atomic E-state index is 13.2. The smallest absolute Gasteiger partial charge is 0.262 e. The number of nitrogens with one attached hydrogen (secondary N) is 1. The second-order valence-electron chi connectivity index (χ2n) is 3.81. The molecule has 0 spiro atoms. The summed E-state index contributed by atoms with van der Waals surface area (Å²) in [5, 5.41) is 10.7. The van der Waals surface area contributed by atoms with Gasteiger partial charge in [0, 0.05) is 12.3 Å². The monoisotopic (exact) mass is 331 g/mol. The molecule has 0 saturated heterocycles. The Morgan fingerprint density at radius 1 is 1.33 bits per heavy atom. The number of anilines is 1. The lowest BCUT2D eigenvalue weighted by Crippen LogP contribution is -2.14. The van der Waals surface area contributed by atoms with E-state index in [4.69, 9.17) is 11.6 Å². The summed E-state index contributed by atoms with van der Waals surface area (Å²) in [6, 6.07) is 5.14. The Balaban J connectivity index is 2.43. The van der Waals surface area contributed by atoms with Gasteiger partial charge < -0.3 is 0 Å². The third-order valence-corrected chi connectivity index (χ3v) is 4.06. The van der Waals surface area contributed by atoms with Crippen LogP contribution in [0.1, 0.15) is 0 Å². The third-order valence-electron chi connectivity index (χ3n) is 2.41. The van der Waals surface area contributed by atoms with Crippen LogP contribution in [0.25, 0.3) is 0 Å². The molecular weight excluding hydrogens is 325 g/mol. The molecule has 10 heteroatoms. The van der Waals surface area contributed by atoms with Crippen LogP contribution in [-0.2, 0) is 10.0 Å². The number of nitrogens with zero attached hydrogens (tertiary/aromatic N) is 2. The van der Waals surface area contributed by atoms with Crippen molar-refractivity contribution < 1.29 is 17.7 Å². The predicted octanol–water partition coefficient (Wildman–Crippen LogP) is 2.58. The SMILES string of the molecule is O=[N+]([O-])c1cc(S(=O)(=O)Nc2ncccc2Cl)ccc1F. The van der Waals surface area contributed by atoms with Gasteiger partial charge >= 0.3 is 5.69 Å². The Morgan fingerprint density at radius 2 is 2.05 bits per heavy atom. The zero-order chi connectivity index (χ0) is 15.6. The largest absolute Gasteiger partial charge is 0.306 e. The second kappa shape index (κ2) is 5.62. The number of hydrogen-bond donors (Lipinski definition) is 1. The third kappa shape index (κ3) is 3.26. The van der Waals surface area contributed by atoms with Crippen molar-refractivity contribution in [3.63, 3.8) is 0 Å². The fourth-order valence-electron chi connectivity index (χ4n) is 1.45. The van der Waals surface area contributed by atoms with Crippen molar-refractivity contribution in [1.82, 2.24) is 4.98 Å². The van der Waals surface area contributed by atoms with E-state index >= 15 is 0 Å². The predicted molar refractivity (Wildman–Crippen MR) is 73.1 cm³/mol. The Bertz CT molecular complexity index is 813. The first kappa shape index (κ1) is 15.1. The summed E-state index contributed by atoms with van der Waals surface area (Å²) in [5.41, 5.74) is -0.940. The van der Waals surface area contributed by atoms with Crippen molar-refractivity contribution in [2.24, 2.45) is 0 Å². The Kier molecular flexibility index (Phi) is 4.05. The highest BCUT2D eigenvalue weighted by Crippen LogP contribution is 2.25. The fraction of sp³-hybridized carbons (Fsp3) is 0. The maximum absolute atomic E-state index is 13.2. The molecule has 2 aromatic rings. The van der Waals surface area contributed by atoms with Crippen LogP contribution in [0.4, 0.5) is 15.9 Å². The Morgan fingerprint density at radius 3 is 2.67 bits per heavy atom. The van der Waals surface area contributed by atoms with E-state index in [0.29, 0.717) is 12.1 Å². The van der Waals surface area contributed by atoms with Gasteiger partial charge in [-0.1, -0.05) is 11.6 Å². The molecule has 110 valence electrons. The molecule has 0 aliphatic heterocycles. The number of nitro benzene ring substituents is 1. The van der Waals surface area contributed by atoms with Gasteiger partial charge in [0.05, 0.1) is 14.8 Å². The van der Waals surface area contributed by atoms with Gasteiger partial charge in [-0.25, -0.2) is 13.4 Å².